The average Bonchev–Trinajstić information content (AvgIpc) is 3.98. The summed E-state index contributed by atoms with van der Waals surface area (Å²) in [5.74, 6) is 5.72. The molecule has 4 heteroatoms. The molecule has 1 saturated carbocycles. The molecule has 0 amide bonds. The highest BCUT2D eigenvalue weighted by Crippen LogP contribution is 2.45. The molecule has 3 unspecified atom stereocenters. The Morgan fingerprint density at radius 2 is 0.655 bits per heavy atom. The zero-order chi connectivity index (χ0) is 41.8. The molecular weight excluding hydrogens is 741 g/mol. The van der Waals surface area contributed by atoms with Gasteiger partial charge in [0.2, 0.25) is 0 Å². The maximum atomic E-state index is 2.65. The summed E-state index contributed by atoms with van der Waals surface area (Å²) >= 11 is 0. The van der Waals surface area contributed by atoms with E-state index in [9.17, 15) is 0 Å². The van der Waals surface area contributed by atoms with Crippen LogP contribution in [0.5, 0.6) is 0 Å². The molecule has 1 fully saturated rings. The first kappa shape index (κ1) is 56.6. The van der Waals surface area contributed by atoms with Gasteiger partial charge in [0.15, 0.2) is 0 Å². The van der Waals surface area contributed by atoms with Gasteiger partial charge in [0, 0.05) is 24.6 Å². The molecule has 0 aromatic rings. The minimum absolute atomic E-state index is 0.958. The zero-order valence-corrected chi connectivity index (χ0v) is 42.6. The summed E-state index contributed by atoms with van der Waals surface area (Å²) in [6, 6.07) is 0. The van der Waals surface area contributed by atoms with Crippen molar-refractivity contribution < 1.29 is 0 Å². The smallest absolute Gasteiger partial charge is 0.0165 e. The fourth-order valence-corrected chi connectivity index (χ4v) is 11.6. The van der Waals surface area contributed by atoms with Crippen LogP contribution in [0.4, 0.5) is 0 Å². The lowest BCUT2D eigenvalue weighted by atomic mass is 9.91. The Bertz CT molecular complexity index is 778. The second-order valence-electron chi connectivity index (χ2n) is 19.8. The lowest BCUT2D eigenvalue weighted by Crippen LogP contribution is -2.24. The van der Waals surface area contributed by atoms with E-state index in [2.05, 4.69) is 66.3 Å². The molecule has 0 spiro atoms. The highest BCUT2D eigenvalue weighted by molar-refractivity contribution is 8.76. The molecule has 0 aromatic carbocycles. The van der Waals surface area contributed by atoms with Crippen LogP contribution >= 0.6 is 21.6 Å². The molecule has 0 saturated heterocycles. The van der Waals surface area contributed by atoms with Crippen molar-refractivity contribution in [2.45, 2.75) is 278 Å². The van der Waals surface area contributed by atoms with Crippen LogP contribution in [-0.2, 0) is 0 Å². The first-order valence-electron chi connectivity index (χ1n) is 27.2. The molecule has 348 valence electrons. The van der Waals surface area contributed by atoms with Crippen molar-refractivity contribution in [3.63, 3.8) is 0 Å². The average molecular weight is 852 g/mol. The molecule has 1 aliphatic carbocycles. The van der Waals surface area contributed by atoms with Gasteiger partial charge in [-0.3, -0.25) is 0 Å². The van der Waals surface area contributed by atoms with Crippen molar-refractivity contribution in [3.8, 4) is 0 Å². The van der Waals surface area contributed by atoms with Crippen LogP contribution in [-0.4, -0.2) is 61.6 Å². The highest BCUT2D eigenvalue weighted by Gasteiger charge is 2.35. The summed E-state index contributed by atoms with van der Waals surface area (Å²) in [6.45, 7) is 12.0. The minimum atomic E-state index is 0.958. The fraction of sp³-hybridized carbons (Fsp3) is 1.00. The Hall–Kier alpha value is 0.620. The molecule has 0 aromatic heterocycles. The topological polar surface area (TPSA) is 6.48 Å². The SMILES string of the molecule is CCCCCCCCCCCCCCCCCCN(C)CCSSCCN(C)CCC(CCCCCCCCC)CCCCCCCC1CC1CCCCCCCC. The van der Waals surface area contributed by atoms with Crippen LogP contribution in [0.2, 0.25) is 0 Å². The van der Waals surface area contributed by atoms with Gasteiger partial charge in [-0.2, -0.15) is 0 Å². The van der Waals surface area contributed by atoms with E-state index in [0.717, 1.165) is 17.8 Å². The second-order valence-corrected chi connectivity index (χ2v) is 22.5. The highest BCUT2D eigenvalue weighted by atomic mass is 33.1. The van der Waals surface area contributed by atoms with Crippen molar-refractivity contribution in [2.75, 3.05) is 51.8 Å². The Balaban J connectivity index is 2.02. The van der Waals surface area contributed by atoms with Crippen LogP contribution in [0.3, 0.4) is 0 Å². The Labute approximate surface area is 376 Å². The molecule has 58 heavy (non-hydrogen) atoms. The normalized spacial score (nSPS) is 16.0. The standard InChI is InChI=1S/C54H110N2S2/c1-6-9-12-15-18-19-20-21-22-23-24-25-26-28-34-39-45-55(4)47-49-57-58-50-48-56(5)46-44-52(40-35-30-27-16-13-10-7-2)41-36-31-29-33-38-43-54-51-53(54)42-37-32-17-14-11-8-3/h52-54H,6-51H2,1-5H3. The summed E-state index contributed by atoms with van der Waals surface area (Å²) in [7, 11) is 8.96. The van der Waals surface area contributed by atoms with Crippen LogP contribution in [0.25, 0.3) is 0 Å². The molecule has 0 radical (unpaired) electrons. The van der Waals surface area contributed by atoms with Gasteiger partial charge in [-0.1, -0.05) is 280 Å². The van der Waals surface area contributed by atoms with Crippen molar-refractivity contribution in [1.29, 1.82) is 0 Å². The minimum Gasteiger partial charge on any atom is -0.306 e. The van der Waals surface area contributed by atoms with Gasteiger partial charge < -0.3 is 9.80 Å². The molecule has 2 nitrogen and oxygen atoms in total. The van der Waals surface area contributed by atoms with E-state index >= 15 is 0 Å². The number of hydrogen-bond donors (Lipinski definition) is 0. The molecule has 1 rings (SSSR count). The van der Waals surface area contributed by atoms with Crippen molar-refractivity contribution in [3.05, 3.63) is 0 Å². The van der Waals surface area contributed by atoms with Gasteiger partial charge in [-0.25, -0.2) is 0 Å². The number of rotatable bonds is 50. The third kappa shape index (κ3) is 40.7. The predicted molar refractivity (Wildman–Crippen MR) is 272 cm³/mol. The van der Waals surface area contributed by atoms with Crippen LogP contribution < -0.4 is 0 Å². The van der Waals surface area contributed by atoms with Crippen molar-refractivity contribution >= 4 is 21.6 Å². The van der Waals surface area contributed by atoms with Crippen LogP contribution in [0, 0.1) is 17.8 Å². The Kier molecular flexibility index (Phi) is 44.6. The van der Waals surface area contributed by atoms with E-state index < -0.39 is 0 Å². The zero-order valence-electron chi connectivity index (χ0n) is 41.0. The van der Waals surface area contributed by atoms with E-state index in [0.29, 0.717) is 0 Å². The third-order valence-electron chi connectivity index (χ3n) is 13.9. The molecular formula is C54H110N2S2. The van der Waals surface area contributed by atoms with Crippen molar-refractivity contribution in [2.24, 2.45) is 17.8 Å². The molecule has 1 aliphatic rings. The number of nitrogens with zero attached hydrogens (tertiary/aromatic N) is 2. The van der Waals surface area contributed by atoms with Gasteiger partial charge in [0.05, 0.1) is 0 Å². The summed E-state index contributed by atoms with van der Waals surface area (Å²) in [5.41, 5.74) is 0. The predicted octanol–water partition coefficient (Wildman–Crippen LogP) is 18.8. The van der Waals surface area contributed by atoms with Gasteiger partial charge in [-0.15, -0.1) is 0 Å². The third-order valence-corrected chi connectivity index (χ3v) is 16.3. The quantitative estimate of drug-likeness (QED) is 0.0444. The molecule has 0 heterocycles. The largest absolute Gasteiger partial charge is 0.306 e. The van der Waals surface area contributed by atoms with E-state index in [4.69, 9.17) is 0 Å². The van der Waals surface area contributed by atoms with Gasteiger partial charge in [0.1, 0.15) is 0 Å². The van der Waals surface area contributed by atoms with E-state index in [1.165, 1.54) is 275 Å². The summed E-state index contributed by atoms with van der Waals surface area (Å²) < 4.78 is 0. The first-order chi connectivity index (χ1) is 28.6. The van der Waals surface area contributed by atoms with Gasteiger partial charge >= 0.3 is 0 Å². The van der Waals surface area contributed by atoms with Crippen LogP contribution in [0.1, 0.15) is 278 Å². The lowest BCUT2D eigenvalue weighted by molar-refractivity contribution is 0.290. The summed E-state index contributed by atoms with van der Waals surface area (Å²) in [6.07, 6.45) is 58.7. The molecule has 0 aliphatic heterocycles. The first-order valence-corrected chi connectivity index (χ1v) is 29.7. The van der Waals surface area contributed by atoms with Crippen LogP contribution in [0.15, 0.2) is 0 Å². The lowest BCUT2D eigenvalue weighted by Gasteiger charge is -2.22. The van der Waals surface area contributed by atoms with Gasteiger partial charge in [-0.05, 0) is 64.2 Å². The summed E-state index contributed by atoms with van der Waals surface area (Å²) in [4.78, 5) is 5.22. The Morgan fingerprint density at radius 3 is 1.03 bits per heavy atom. The molecule has 0 N–H and O–H groups in total. The van der Waals surface area contributed by atoms with E-state index in [1.54, 1.807) is 19.3 Å². The monoisotopic (exact) mass is 851 g/mol. The molecule has 3 atom stereocenters. The van der Waals surface area contributed by atoms with E-state index in [-0.39, 0.29) is 0 Å². The van der Waals surface area contributed by atoms with E-state index in [1.807, 2.05) is 0 Å². The second kappa shape index (κ2) is 45.6. The summed E-state index contributed by atoms with van der Waals surface area (Å²) in [5, 5.41) is 0. The number of unbranched alkanes of at least 4 members (excludes halogenated alkanes) is 30. The molecule has 0 bridgehead atoms. The maximum absolute atomic E-state index is 2.65. The van der Waals surface area contributed by atoms with Gasteiger partial charge in [0.25, 0.3) is 0 Å². The fourth-order valence-electron chi connectivity index (χ4n) is 9.46. The maximum Gasteiger partial charge on any atom is 0.0165 e. The van der Waals surface area contributed by atoms with Crippen molar-refractivity contribution in [1.82, 2.24) is 9.80 Å². The Morgan fingerprint density at radius 1 is 0.345 bits per heavy atom. The number of hydrogen-bond acceptors (Lipinski definition) is 4.